The van der Waals surface area contributed by atoms with Gasteiger partial charge in [-0.05, 0) is 117 Å². The molecule has 2 aliphatic heterocycles. The van der Waals surface area contributed by atoms with Gasteiger partial charge in [0.2, 0.25) is 0 Å². The van der Waals surface area contributed by atoms with E-state index in [0.29, 0.717) is 39.3 Å². The van der Waals surface area contributed by atoms with Gasteiger partial charge in [-0.15, -0.1) is 22.1 Å². The van der Waals surface area contributed by atoms with E-state index in [-0.39, 0.29) is 16.5 Å². The summed E-state index contributed by atoms with van der Waals surface area (Å²) in [5.41, 5.74) is 14.0. The van der Waals surface area contributed by atoms with Crippen LogP contribution in [0.3, 0.4) is 0 Å². The molecule has 1 aliphatic carbocycles. The topological polar surface area (TPSA) is 111 Å². The predicted octanol–water partition coefficient (Wildman–Crippen LogP) is 10.0. The molecule has 59 heavy (non-hydrogen) atoms. The second kappa shape index (κ2) is 15.1. The zero-order valence-electron chi connectivity index (χ0n) is 32.5. The zero-order valence-corrected chi connectivity index (χ0v) is 33.5. The minimum absolute atomic E-state index is 0. The van der Waals surface area contributed by atoms with Gasteiger partial charge in [0.25, 0.3) is 0 Å². The van der Waals surface area contributed by atoms with Crippen LogP contribution in [0.5, 0.6) is 23.0 Å². The number of methoxy groups -OCH3 is 4. The Kier molecular flexibility index (Phi) is 9.67. The number of hydrogen-bond acceptors (Lipinski definition) is 7. The summed E-state index contributed by atoms with van der Waals surface area (Å²) in [7, 11) is 6.59. The van der Waals surface area contributed by atoms with Gasteiger partial charge in [0.1, 0.15) is 29.1 Å². The second-order valence-electron chi connectivity index (χ2n) is 14.1. The fourth-order valence-electron chi connectivity index (χ4n) is 8.12. The third-order valence-corrected chi connectivity index (χ3v) is 11.0. The Bertz CT molecular complexity index is 3000. The molecule has 0 spiro atoms. The van der Waals surface area contributed by atoms with Gasteiger partial charge in [0.05, 0.1) is 51.2 Å². The molecule has 0 saturated heterocycles. The Hall–Kier alpha value is -6.87. The molecular weight excluding hydrogens is 783 g/mol. The minimum Gasteiger partial charge on any atom is -0.657 e. The van der Waals surface area contributed by atoms with Crippen LogP contribution in [0.15, 0.2) is 115 Å². The molecule has 10 rings (SSSR count). The van der Waals surface area contributed by atoms with Crippen molar-refractivity contribution in [3.8, 4) is 67.5 Å². The molecule has 3 aromatic heterocycles. The fraction of sp³-hybridized carbons (Fsp3) is 0.102. The summed E-state index contributed by atoms with van der Waals surface area (Å²) in [4.78, 5) is 21.4. The molecule has 8 bridgehead atoms. The van der Waals surface area contributed by atoms with Crippen molar-refractivity contribution in [3.63, 3.8) is 0 Å². The number of ether oxygens (including phenoxy) is 4. The van der Waals surface area contributed by atoms with Crippen molar-refractivity contribution in [2.24, 2.45) is 0 Å². The number of benzene rings is 4. The Morgan fingerprint density at radius 1 is 0.475 bits per heavy atom. The summed E-state index contributed by atoms with van der Waals surface area (Å²) in [6.45, 7) is 0. The molecular formula is C49H36N4NiO5. The van der Waals surface area contributed by atoms with Crippen molar-refractivity contribution in [1.29, 1.82) is 0 Å². The molecule has 1 atom stereocenters. The van der Waals surface area contributed by atoms with Gasteiger partial charge in [-0.2, -0.15) is 0 Å². The largest absolute Gasteiger partial charge is 2.00 e. The molecule has 0 fully saturated rings. The average molecular weight is 820 g/mol. The van der Waals surface area contributed by atoms with Gasteiger partial charge >= 0.3 is 16.5 Å². The van der Waals surface area contributed by atoms with Crippen LogP contribution >= 0.6 is 0 Å². The van der Waals surface area contributed by atoms with E-state index in [2.05, 4.69) is 0 Å². The number of fused-ring (bicyclic) bond motifs is 10. The van der Waals surface area contributed by atoms with Crippen molar-refractivity contribution in [1.82, 2.24) is 19.9 Å². The van der Waals surface area contributed by atoms with Crippen molar-refractivity contribution in [3.05, 3.63) is 144 Å². The van der Waals surface area contributed by atoms with E-state index in [9.17, 15) is 5.11 Å². The van der Waals surface area contributed by atoms with Crippen LogP contribution in [-0.4, -0.2) is 43.5 Å². The van der Waals surface area contributed by atoms with Crippen molar-refractivity contribution < 1.29 is 40.5 Å². The van der Waals surface area contributed by atoms with Gasteiger partial charge in [-0.3, -0.25) is 0 Å². The maximum absolute atomic E-state index is 12.1. The molecule has 1 unspecified atom stereocenters. The van der Waals surface area contributed by atoms with E-state index in [0.717, 1.165) is 84.2 Å². The third-order valence-electron chi connectivity index (χ3n) is 11.0. The van der Waals surface area contributed by atoms with Crippen molar-refractivity contribution in [2.75, 3.05) is 28.4 Å². The number of rotatable bonds is 7. The maximum atomic E-state index is 12.1. The zero-order chi connectivity index (χ0) is 39.5. The molecule has 3 aliphatic rings. The van der Waals surface area contributed by atoms with Crippen LogP contribution in [-0.2, 0) is 16.5 Å². The molecule has 292 valence electrons. The maximum Gasteiger partial charge on any atom is 2.00 e. The van der Waals surface area contributed by atoms with E-state index in [1.165, 1.54) is 0 Å². The number of hydrogen-bond donors (Lipinski definition) is 1. The quantitative estimate of drug-likeness (QED) is 0.157. The van der Waals surface area contributed by atoms with Gasteiger partial charge in [0, 0.05) is 5.57 Å². The Labute approximate surface area is 350 Å². The van der Waals surface area contributed by atoms with Crippen molar-refractivity contribution in [2.45, 2.75) is 6.10 Å². The van der Waals surface area contributed by atoms with Crippen LogP contribution in [0, 0.1) is 0 Å². The summed E-state index contributed by atoms with van der Waals surface area (Å²) in [5.74, 6) is 2.87. The molecule has 0 amide bonds. The molecule has 10 heteroatoms. The normalized spacial score (nSPS) is 13.6. The van der Waals surface area contributed by atoms with E-state index in [1.54, 1.807) is 28.4 Å². The minimum atomic E-state index is -0.968. The number of aliphatic hydroxyl groups excluding tert-OH is 1. The molecule has 0 saturated carbocycles. The van der Waals surface area contributed by atoms with Crippen LogP contribution in [0.4, 0.5) is 0 Å². The van der Waals surface area contributed by atoms with Crippen LogP contribution in [0.1, 0.15) is 34.4 Å². The van der Waals surface area contributed by atoms with E-state index in [4.69, 9.17) is 38.9 Å². The summed E-state index contributed by atoms with van der Waals surface area (Å²) in [6, 6.07) is 37.6. The SMILES string of the molecule is COc1ccc(-c2c3nc(c(-c4ccc(OC)cc4)c4ccc([n-]4)c4c5nc(c(-c6ccc(OC)cc6)c6ccc2[n-]6)C=C5C(O)c2cc(OC)ccc2-4)C=C3)cc1.[Ni+2]. The van der Waals surface area contributed by atoms with Crippen LogP contribution < -0.4 is 28.9 Å². The van der Waals surface area contributed by atoms with E-state index < -0.39 is 6.10 Å². The first-order chi connectivity index (χ1) is 28.4. The third kappa shape index (κ3) is 6.38. The monoisotopic (exact) mass is 818 g/mol. The number of nitrogens with zero attached hydrogens (tertiary/aromatic N) is 4. The molecule has 0 radical (unpaired) electrons. The second-order valence-corrected chi connectivity index (χ2v) is 14.1. The Morgan fingerprint density at radius 2 is 0.881 bits per heavy atom. The number of aromatic nitrogens is 4. The van der Waals surface area contributed by atoms with Gasteiger partial charge < -0.3 is 34.0 Å². The van der Waals surface area contributed by atoms with E-state index >= 15 is 0 Å². The predicted molar refractivity (Wildman–Crippen MR) is 229 cm³/mol. The first kappa shape index (κ1) is 37.7. The van der Waals surface area contributed by atoms with Gasteiger partial charge in [-0.25, -0.2) is 9.97 Å². The molecule has 7 aromatic rings. The Morgan fingerprint density at radius 3 is 1.32 bits per heavy atom. The van der Waals surface area contributed by atoms with Crippen LogP contribution in [0.25, 0.3) is 90.4 Å². The Balaban J connectivity index is 0.00000449. The standard InChI is InChI=1S/C49H36N4O5.Ni/c1-55-30-11-5-27(6-12-30)44-37-19-20-38(50-37)45(28-7-13-31(56-2)14-8-28)40-23-24-42(52-40)47-34-18-17-33(58-4)25-35(34)49(54)36-26-43(53-48(36)47)46(41-22-21-39(44)51-41)29-9-15-32(57-3)16-10-29;/h5-26,49,54H,1-4H3;/q-2;+2. The summed E-state index contributed by atoms with van der Waals surface area (Å²) in [5, 5.41) is 12.1. The van der Waals surface area contributed by atoms with Crippen LogP contribution in [0.2, 0.25) is 0 Å². The molecule has 5 heterocycles. The van der Waals surface area contributed by atoms with Crippen molar-refractivity contribution >= 4 is 45.9 Å². The molecule has 9 nitrogen and oxygen atoms in total. The fourth-order valence-corrected chi connectivity index (χ4v) is 8.12. The summed E-state index contributed by atoms with van der Waals surface area (Å²) >= 11 is 0. The van der Waals surface area contributed by atoms with Gasteiger partial charge in [-0.1, -0.05) is 66.7 Å². The molecule has 4 aromatic carbocycles. The first-order valence-corrected chi connectivity index (χ1v) is 18.8. The average Bonchev–Trinajstić information content (AvgIpc) is 4.11. The summed E-state index contributed by atoms with van der Waals surface area (Å²) in [6.07, 6.45) is 5.09. The first-order valence-electron chi connectivity index (χ1n) is 18.8. The van der Waals surface area contributed by atoms with Gasteiger partial charge in [0.15, 0.2) is 0 Å². The van der Waals surface area contributed by atoms with E-state index in [1.807, 2.05) is 133 Å². The number of aliphatic hydroxyl groups is 1. The smallest absolute Gasteiger partial charge is 0.657 e. The summed E-state index contributed by atoms with van der Waals surface area (Å²) < 4.78 is 22.2. The molecule has 1 N–H and O–H groups in total.